The lowest BCUT2D eigenvalue weighted by atomic mass is 9.80. The van der Waals surface area contributed by atoms with Gasteiger partial charge in [-0.25, -0.2) is 0 Å². The first-order chi connectivity index (χ1) is 15.2. The first kappa shape index (κ1) is 20.8. The fraction of sp³-hybridized carbons (Fsp3) is 0.190. The first-order valence-corrected chi connectivity index (χ1v) is 11.1. The smallest absolute Gasteiger partial charge is 0.416 e. The Balaban J connectivity index is 1.54. The second-order valence-corrected chi connectivity index (χ2v) is 9.44. The van der Waals surface area contributed by atoms with Crippen molar-refractivity contribution in [3.8, 4) is 5.75 Å². The number of thiazole rings is 1. The highest BCUT2D eigenvalue weighted by Crippen LogP contribution is 2.53. The highest BCUT2D eigenvalue weighted by molar-refractivity contribution is 8.00. The van der Waals surface area contributed by atoms with Crippen LogP contribution in [-0.2, 0) is 15.8 Å². The van der Waals surface area contributed by atoms with E-state index >= 15 is 0 Å². The number of halogens is 3. The van der Waals surface area contributed by atoms with Crippen LogP contribution in [0.25, 0.3) is 0 Å². The molecule has 0 saturated heterocycles. The molecular weight excluding hydrogens is 465 g/mol. The van der Waals surface area contributed by atoms with Crippen LogP contribution in [0.4, 0.5) is 18.9 Å². The van der Waals surface area contributed by atoms with Crippen molar-refractivity contribution in [1.29, 1.82) is 0 Å². The first-order valence-electron chi connectivity index (χ1n) is 9.41. The van der Waals surface area contributed by atoms with Crippen molar-refractivity contribution in [2.45, 2.75) is 22.4 Å². The molecular formula is C21H13F3N2O4S2. The molecule has 3 atom stereocenters. The van der Waals surface area contributed by atoms with Gasteiger partial charge in [0, 0.05) is 22.0 Å². The molecule has 5 rings (SSSR count). The van der Waals surface area contributed by atoms with Crippen molar-refractivity contribution >= 4 is 40.7 Å². The van der Waals surface area contributed by atoms with E-state index in [1.165, 1.54) is 12.1 Å². The van der Waals surface area contributed by atoms with Crippen LogP contribution in [0.2, 0.25) is 0 Å². The van der Waals surface area contributed by atoms with E-state index in [0.717, 1.165) is 35.2 Å². The molecule has 0 radical (unpaired) electrons. The Bertz CT molecular complexity index is 1300. The lowest BCUT2D eigenvalue weighted by Crippen LogP contribution is -2.46. The largest absolute Gasteiger partial charge is 0.426 e. The summed E-state index contributed by atoms with van der Waals surface area (Å²) in [5.74, 6) is -2.45. The average Bonchev–Trinajstić information content (AvgIpc) is 3.12. The number of thioether (sulfide) groups is 1. The van der Waals surface area contributed by atoms with Gasteiger partial charge >= 0.3 is 17.0 Å². The van der Waals surface area contributed by atoms with Gasteiger partial charge in [0.15, 0.2) is 0 Å². The summed E-state index contributed by atoms with van der Waals surface area (Å²) in [5, 5.41) is 1.93. The number of carbonyl (C=O) groups is 2. The highest BCUT2D eigenvalue weighted by Gasteiger charge is 2.51. The number of aromatic nitrogens is 1. The molecule has 3 heterocycles. The number of hydrogen-bond donors (Lipinski definition) is 2. The Morgan fingerprint density at radius 3 is 2.66 bits per heavy atom. The maximum atomic E-state index is 13.1. The van der Waals surface area contributed by atoms with E-state index in [1.54, 1.807) is 24.3 Å². The topological polar surface area (TPSA) is 88.3 Å². The Labute approximate surface area is 186 Å². The van der Waals surface area contributed by atoms with Gasteiger partial charge in [-0.15, -0.1) is 0 Å². The molecule has 1 amide bonds. The van der Waals surface area contributed by atoms with Crippen LogP contribution in [0.1, 0.15) is 21.9 Å². The predicted octanol–water partition coefficient (Wildman–Crippen LogP) is 4.24. The van der Waals surface area contributed by atoms with Gasteiger partial charge in [-0.2, -0.15) is 13.2 Å². The number of H-pyrrole nitrogens is 1. The van der Waals surface area contributed by atoms with Crippen molar-refractivity contribution in [2.75, 3.05) is 5.32 Å². The summed E-state index contributed by atoms with van der Waals surface area (Å²) in [5.41, 5.74) is -0.276. The number of aromatic amines is 1. The van der Waals surface area contributed by atoms with Crippen LogP contribution < -0.4 is 14.9 Å². The number of amides is 1. The zero-order chi connectivity index (χ0) is 22.6. The Hall–Kier alpha value is -3.05. The van der Waals surface area contributed by atoms with Crippen molar-refractivity contribution < 1.29 is 27.5 Å². The maximum absolute atomic E-state index is 13.1. The van der Waals surface area contributed by atoms with Crippen molar-refractivity contribution in [3.63, 3.8) is 0 Å². The van der Waals surface area contributed by atoms with Gasteiger partial charge in [-0.1, -0.05) is 47.4 Å². The molecule has 0 aliphatic carbocycles. The molecule has 2 aromatic carbocycles. The van der Waals surface area contributed by atoms with Gasteiger partial charge in [0.25, 0.3) is 0 Å². The highest BCUT2D eigenvalue weighted by atomic mass is 32.2. The summed E-state index contributed by atoms with van der Waals surface area (Å²) in [6.45, 7) is 0. The number of ether oxygens (including phenoxy) is 1. The molecule has 1 aromatic heterocycles. The summed E-state index contributed by atoms with van der Waals surface area (Å²) in [7, 11) is 0. The molecule has 6 nitrogen and oxygen atoms in total. The Morgan fingerprint density at radius 1 is 1.09 bits per heavy atom. The number of esters is 1. The van der Waals surface area contributed by atoms with E-state index in [4.69, 9.17) is 4.74 Å². The number of hydrogen-bond acceptors (Lipinski definition) is 6. The number of para-hydroxylation sites is 1. The summed E-state index contributed by atoms with van der Waals surface area (Å²) in [4.78, 5) is 41.1. The maximum Gasteiger partial charge on any atom is 0.416 e. The molecule has 32 heavy (non-hydrogen) atoms. The Kier molecular flexibility index (Phi) is 4.90. The molecule has 2 aliphatic heterocycles. The van der Waals surface area contributed by atoms with Gasteiger partial charge in [0.1, 0.15) is 11.0 Å². The quantitative estimate of drug-likeness (QED) is 0.425. The minimum atomic E-state index is -4.56. The predicted molar refractivity (Wildman–Crippen MR) is 112 cm³/mol. The van der Waals surface area contributed by atoms with E-state index in [9.17, 15) is 27.6 Å². The molecule has 2 N–H and O–H groups in total. The molecule has 0 unspecified atom stereocenters. The third kappa shape index (κ3) is 3.51. The molecule has 0 fully saturated rings. The molecule has 0 bridgehead atoms. The zero-order valence-electron chi connectivity index (χ0n) is 15.9. The number of rotatable bonds is 2. The van der Waals surface area contributed by atoms with E-state index in [2.05, 4.69) is 10.3 Å². The standard InChI is InChI=1S/C21H13F3N2O4S2/c22-21(23,24)9-4-3-5-10(8-9)25-17(27)15-14-13(16-18(31-15)26-20(29)32-16)11-6-1-2-7-12(11)30-19(14)28/h1-8,13-15H,(H,25,27)(H,26,29)/t13-,14-,15+/m0/s1. The van der Waals surface area contributed by atoms with Crippen molar-refractivity contribution in [1.82, 2.24) is 4.98 Å². The minimum absolute atomic E-state index is 0.0452. The molecule has 164 valence electrons. The van der Waals surface area contributed by atoms with Gasteiger partial charge in [0.05, 0.1) is 16.5 Å². The van der Waals surface area contributed by atoms with Crippen LogP contribution in [0.15, 0.2) is 58.4 Å². The molecule has 11 heteroatoms. The number of alkyl halides is 3. The second-order valence-electron chi connectivity index (χ2n) is 7.28. The lowest BCUT2D eigenvalue weighted by molar-refractivity contribution is -0.142. The van der Waals surface area contributed by atoms with Crippen molar-refractivity contribution in [2.24, 2.45) is 5.92 Å². The third-order valence-corrected chi connectivity index (χ3v) is 7.72. The average molecular weight is 478 g/mol. The van der Waals surface area contributed by atoms with Crippen LogP contribution in [0, 0.1) is 5.92 Å². The Morgan fingerprint density at radius 2 is 1.88 bits per heavy atom. The fourth-order valence-electron chi connectivity index (χ4n) is 3.96. The summed E-state index contributed by atoms with van der Waals surface area (Å²) in [6, 6.07) is 11.1. The van der Waals surface area contributed by atoms with Gasteiger partial charge in [-0.05, 0) is 24.3 Å². The van der Waals surface area contributed by atoms with Gasteiger partial charge in [0.2, 0.25) is 5.91 Å². The molecule has 2 aliphatic rings. The summed E-state index contributed by atoms with van der Waals surface area (Å²) >= 11 is 1.97. The van der Waals surface area contributed by atoms with Crippen molar-refractivity contribution in [3.05, 3.63) is 74.2 Å². The van der Waals surface area contributed by atoms with Crippen LogP contribution >= 0.6 is 23.1 Å². The molecule has 0 spiro atoms. The number of nitrogens with one attached hydrogen (secondary N) is 2. The third-order valence-electron chi connectivity index (χ3n) is 5.31. The second kappa shape index (κ2) is 7.52. The molecule has 3 aromatic rings. The normalized spacial score (nSPS) is 21.7. The minimum Gasteiger partial charge on any atom is -0.426 e. The fourth-order valence-corrected chi connectivity index (χ4v) is 6.42. The number of fused-ring (bicyclic) bond motifs is 5. The van der Waals surface area contributed by atoms with E-state index < -0.39 is 40.7 Å². The number of anilines is 1. The SMILES string of the molecule is O=C1Oc2ccccc2[C@@H]2c3sc(=O)[nH]c3S[C@@H](C(=O)Nc3cccc(C(F)(F)F)c3)[C@@H]12. The zero-order valence-corrected chi connectivity index (χ0v) is 17.6. The molecule has 0 saturated carbocycles. The van der Waals surface area contributed by atoms with E-state index in [-0.39, 0.29) is 10.6 Å². The van der Waals surface area contributed by atoms with E-state index in [1.807, 2.05) is 0 Å². The van der Waals surface area contributed by atoms with E-state index in [0.29, 0.717) is 21.2 Å². The van der Waals surface area contributed by atoms with Crippen LogP contribution in [0.3, 0.4) is 0 Å². The summed E-state index contributed by atoms with van der Waals surface area (Å²) < 4.78 is 44.5. The van der Waals surface area contributed by atoms with Crippen LogP contribution in [0.5, 0.6) is 5.75 Å². The monoisotopic (exact) mass is 478 g/mol. The summed E-state index contributed by atoms with van der Waals surface area (Å²) in [6.07, 6.45) is -4.56. The lowest BCUT2D eigenvalue weighted by Gasteiger charge is -2.38. The number of benzene rings is 2. The van der Waals surface area contributed by atoms with Crippen LogP contribution in [-0.4, -0.2) is 22.1 Å². The number of carbonyl (C=O) groups excluding carboxylic acids is 2. The van der Waals surface area contributed by atoms with Gasteiger partial charge < -0.3 is 15.0 Å². The van der Waals surface area contributed by atoms with Gasteiger partial charge in [-0.3, -0.25) is 14.4 Å².